The van der Waals surface area contributed by atoms with Crippen LogP contribution in [0.2, 0.25) is 0 Å². The van der Waals surface area contributed by atoms with E-state index in [1.165, 1.54) is 18.4 Å². The summed E-state index contributed by atoms with van der Waals surface area (Å²) in [7, 11) is 0. The molecule has 5 heteroatoms. The summed E-state index contributed by atoms with van der Waals surface area (Å²) in [6, 6.07) is 0. The number of carbonyl (C=O) groups is 1. The Morgan fingerprint density at radius 3 is 2.65 bits per heavy atom. The molecular formula is C18H27N3O2. The molecule has 0 unspecified atom stereocenters. The van der Waals surface area contributed by atoms with Gasteiger partial charge in [0.1, 0.15) is 11.4 Å². The van der Waals surface area contributed by atoms with Gasteiger partial charge in [0.15, 0.2) is 0 Å². The molecule has 0 fully saturated rings. The summed E-state index contributed by atoms with van der Waals surface area (Å²) in [6.07, 6.45) is 7.88. The van der Waals surface area contributed by atoms with Crippen molar-refractivity contribution in [1.29, 1.82) is 0 Å². The highest BCUT2D eigenvalue weighted by atomic mass is 16.2. The van der Waals surface area contributed by atoms with Crippen LogP contribution in [0.15, 0.2) is 16.4 Å². The zero-order valence-electron chi connectivity index (χ0n) is 14.6. The maximum atomic E-state index is 12.3. The van der Waals surface area contributed by atoms with Crippen molar-refractivity contribution in [3.8, 4) is 0 Å². The second-order valence-electron chi connectivity index (χ2n) is 7.24. The first-order chi connectivity index (χ1) is 10.8. The number of hydrogen-bond acceptors (Lipinski definition) is 3. The van der Waals surface area contributed by atoms with E-state index in [0.29, 0.717) is 18.1 Å². The van der Waals surface area contributed by atoms with Gasteiger partial charge >= 0.3 is 0 Å². The van der Waals surface area contributed by atoms with Crippen molar-refractivity contribution in [3.05, 3.63) is 39.1 Å². The number of aromatic amines is 1. The minimum Gasteiger partial charge on any atom is -0.351 e. The van der Waals surface area contributed by atoms with Crippen LogP contribution in [-0.2, 0) is 5.41 Å². The van der Waals surface area contributed by atoms with Crippen molar-refractivity contribution < 1.29 is 4.79 Å². The van der Waals surface area contributed by atoms with E-state index in [1.54, 1.807) is 6.92 Å². The first-order valence-electron chi connectivity index (χ1n) is 8.36. The minimum atomic E-state index is -0.364. The minimum absolute atomic E-state index is 0.121. The molecule has 1 aromatic heterocycles. The molecule has 1 aromatic rings. The summed E-state index contributed by atoms with van der Waals surface area (Å²) in [5.41, 5.74) is 1.38. The molecule has 0 aliphatic heterocycles. The van der Waals surface area contributed by atoms with E-state index in [4.69, 9.17) is 0 Å². The molecule has 23 heavy (non-hydrogen) atoms. The first kappa shape index (κ1) is 17.4. The van der Waals surface area contributed by atoms with Gasteiger partial charge < -0.3 is 10.3 Å². The fourth-order valence-corrected chi connectivity index (χ4v) is 2.77. The fraction of sp³-hybridized carbons (Fsp3) is 0.611. The largest absolute Gasteiger partial charge is 0.351 e. The van der Waals surface area contributed by atoms with Gasteiger partial charge in [-0.05, 0) is 39.0 Å². The molecule has 1 amide bonds. The average Bonchev–Trinajstić information content (AvgIpc) is 2.46. The molecule has 1 aliphatic rings. The number of H-pyrrole nitrogens is 1. The monoisotopic (exact) mass is 317 g/mol. The molecule has 2 rings (SSSR count). The number of amides is 1. The summed E-state index contributed by atoms with van der Waals surface area (Å²) in [5.74, 6) is 0.261. The molecule has 126 valence electrons. The molecule has 0 atom stereocenters. The van der Waals surface area contributed by atoms with Crippen LogP contribution in [0.25, 0.3) is 0 Å². The molecule has 0 saturated heterocycles. The Morgan fingerprint density at radius 1 is 1.35 bits per heavy atom. The van der Waals surface area contributed by atoms with E-state index in [9.17, 15) is 9.59 Å². The van der Waals surface area contributed by atoms with Crippen LogP contribution in [0.4, 0.5) is 0 Å². The zero-order valence-corrected chi connectivity index (χ0v) is 14.6. The normalized spacial score (nSPS) is 15.2. The maximum absolute atomic E-state index is 12.3. The van der Waals surface area contributed by atoms with E-state index in [-0.39, 0.29) is 22.4 Å². The molecular weight excluding hydrogens is 290 g/mol. The number of rotatable bonds is 4. The van der Waals surface area contributed by atoms with Crippen LogP contribution in [0.5, 0.6) is 0 Å². The third kappa shape index (κ3) is 4.53. The van der Waals surface area contributed by atoms with Crippen LogP contribution >= 0.6 is 0 Å². The van der Waals surface area contributed by atoms with Crippen molar-refractivity contribution in [2.24, 2.45) is 0 Å². The van der Waals surface area contributed by atoms with Gasteiger partial charge in [-0.2, -0.15) is 0 Å². The summed E-state index contributed by atoms with van der Waals surface area (Å²) >= 11 is 0. The molecule has 0 bridgehead atoms. The van der Waals surface area contributed by atoms with E-state index in [2.05, 4.69) is 21.4 Å². The van der Waals surface area contributed by atoms with Gasteiger partial charge in [-0.1, -0.05) is 32.4 Å². The van der Waals surface area contributed by atoms with Gasteiger partial charge in [0.25, 0.3) is 11.5 Å². The Kier molecular flexibility index (Phi) is 5.39. The summed E-state index contributed by atoms with van der Waals surface area (Å²) in [6.45, 7) is 8.20. The predicted molar refractivity (Wildman–Crippen MR) is 91.8 cm³/mol. The molecule has 0 radical (unpaired) electrons. The summed E-state index contributed by atoms with van der Waals surface area (Å²) in [5, 5.41) is 2.85. The second kappa shape index (κ2) is 7.11. The molecule has 0 saturated carbocycles. The number of aromatic nitrogens is 2. The number of nitrogens with zero attached hydrogens (tertiary/aromatic N) is 1. The maximum Gasteiger partial charge on any atom is 0.264 e. The number of carbonyl (C=O) groups excluding carboxylic acids is 1. The van der Waals surface area contributed by atoms with Gasteiger partial charge in [-0.25, -0.2) is 4.98 Å². The van der Waals surface area contributed by atoms with E-state index in [0.717, 1.165) is 19.3 Å². The third-order valence-electron chi connectivity index (χ3n) is 4.15. The molecule has 0 aromatic carbocycles. The Balaban J connectivity index is 2.04. The number of hydrogen-bond donors (Lipinski definition) is 2. The van der Waals surface area contributed by atoms with Crippen molar-refractivity contribution in [2.75, 3.05) is 6.54 Å². The van der Waals surface area contributed by atoms with Crippen molar-refractivity contribution in [1.82, 2.24) is 15.3 Å². The lowest BCUT2D eigenvalue weighted by atomic mass is 9.95. The Labute approximate surface area is 137 Å². The molecule has 5 nitrogen and oxygen atoms in total. The van der Waals surface area contributed by atoms with E-state index in [1.807, 2.05) is 20.8 Å². The summed E-state index contributed by atoms with van der Waals surface area (Å²) in [4.78, 5) is 31.7. The van der Waals surface area contributed by atoms with Crippen LogP contribution in [0.1, 0.15) is 74.8 Å². The lowest BCUT2D eigenvalue weighted by Gasteiger charge is -2.18. The van der Waals surface area contributed by atoms with Gasteiger partial charge in [0.2, 0.25) is 0 Å². The van der Waals surface area contributed by atoms with Crippen LogP contribution in [0.3, 0.4) is 0 Å². The molecule has 2 N–H and O–H groups in total. The predicted octanol–water partition coefficient (Wildman–Crippen LogP) is 3.00. The van der Waals surface area contributed by atoms with E-state index < -0.39 is 0 Å². The first-order valence-corrected chi connectivity index (χ1v) is 8.36. The smallest absolute Gasteiger partial charge is 0.264 e. The lowest BCUT2D eigenvalue weighted by molar-refractivity contribution is 0.0951. The van der Waals surface area contributed by atoms with Crippen LogP contribution in [0, 0.1) is 6.92 Å². The van der Waals surface area contributed by atoms with Crippen LogP contribution < -0.4 is 10.9 Å². The van der Waals surface area contributed by atoms with Crippen molar-refractivity contribution in [3.63, 3.8) is 0 Å². The highest BCUT2D eigenvalue weighted by Gasteiger charge is 2.22. The number of aryl methyl sites for hydroxylation is 1. The Morgan fingerprint density at radius 2 is 2.09 bits per heavy atom. The summed E-state index contributed by atoms with van der Waals surface area (Å²) < 4.78 is 0. The quantitative estimate of drug-likeness (QED) is 0.838. The average molecular weight is 317 g/mol. The highest BCUT2D eigenvalue weighted by Crippen LogP contribution is 2.19. The SMILES string of the molecule is Cc1nc(C(C)(C)C)[nH]c(=O)c1C(=O)NCCC1=CCCCC1. The molecule has 1 aliphatic carbocycles. The Bertz CT molecular complexity index is 666. The second-order valence-corrected chi connectivity index (χ2v) is 7.24. The van der Waals surface area contributed by atoms with E-state index >= 15 is 0 Å². The molecule has 1 heterocycles. The van der Waals surface area contributed by atoms with Crippen LogP contribution in [-0.4, -0.2) is 22.4 Å². The highest BCUT2D eigenvalue weighted by molar-refractivity contribution is 5.94. The Hall–Kier alpha value is -1.91. The lowest BCUT2D eigenvalue weighted by Crippen LogP contribution is -2.34. The van der Waals surface area contributed by atoms with Crippen molar-refractivity contribution in [2.45, 2.75) is 65.2 Å². The molecule has 0 spiro atoms. The zero-order chi connectivity index (χ0) is 17.0. The standard InChI is InChI=1S/C18H27N3O2/c1-12-14(16(23)21-17(20-12)18(2,3)4)15(22)19-11-10-13-8-6-5-7-9-13/h8H,5-7,9-11H2,1-4H3,(H,19,22)(H,20,21,23). The van der Waals surface area contributed by atoms with Gasteiger partial charge in [0.05, 0.1) is 5.69 Å². The third-order valence-corrected chi connectivity index (χ3v) is 4.15. The number of nitrogens with one attached hydrogen (secondary N) is 2. The van der Waals surface area contributed by atoms with Gasteiger partial charge in [0, 0.05) is 12.0 Å². The fourth-order valence-electron chi connectivity index (χ4n) is 2.77. The van der Waals surface area contributed by atoms with Gasteiger partial charge in [-0.3, -0.25) is 9.59 Å². The topological polar surface area (TPSA) is 74.8 Å². The van der Waals surface area contributed by atoms with Gasteiger partial charge in [-0.15, -0.1) is 0 Å². The van der Waals surface area contributed by atoms with Crippen molar-refractivity contribution >= 4 is 5.91 Å². The number of allylic oxidation sites excluding steroid dienone is 1.